The van der Waals surface area contributed by atoms with Crippen molar-refractivity contribution < 1.29 is 55.0 Å². The number of carbonyl (C=O) groups excluding carboxylic acids is 4. The van der Waals surface area contributed by atoms with Crippen LogP contribution in [0.15, 0.2) is 67.3 Å². The lowest BCUT2D eigenvalue weighted by atomic mass is 10.0. The first kappa shape index (κ1) is 42.7. The molecule has 1 saturated heterocycles. The fraction of sp³-hybridized carbons (Fsp3) is 0.462. The van der Waals surface area contributed by atoms with Crippen molar-refractivity contribution in [1.82, 2.24) is 25.2 Å². The first-order valence-electron chi connectivity index (χ1n) is 18.2. The Kier molecular flexibility index (Phi) is 12.2. The van der Waals surface area contributed by atoms with Crippen molar-refractivity contribution in [2.45, 2.75) is 88.7 Å². The number of halogens is 3. The van der Waals surface area contributed by atoms with Crippen LogP contribution in [0.1, 0.15) is 53.9 Å². The number of methoxy groups -OCH3 is 1. The number of amides is 4. The molecule has 1 aromatic heterocycles. The lowest BCUT2D eigenvalue weighted by Crippen LogP contribution is -2.59. The van der Waals surface area contributed by atoms with Gasteiger partial charge >= 0.3 is 21.6 Å². The summed E-state index contributed by atoms with van der Waals surface area (Å²) in [5.74, 6) is -3.44. The maximum atomic E-state index is 14.4. The fourth-order valence-electron chi connectivity index (χ4n) is 6.66. The molecule has 1 saturated carbocycles. The first-order valence-corrected chi connectivity index (χ1v) is 19.6. The number of nitrogens with zero attached hydrogens (tertiary/aromatic N) is 2. The van der Waals surface area contributed by atoms with Gasteiger partial charge in [-0.1, -0.05) is 50.3 Å². The Morgan fingerprint density at radius 2 is 1.75 bits per heavy atom. The van der Waals surface area contributed by atoms with Crippen LogP contribution < -0.4 is 24.8 Å². The molecule has 4 amide bonds. The molecule has 3 aromatic rings. The lowest BCUT2D eigenvalue weighted by Gasteiger charge is -2.31. The largest absolute Gasteiger partial charge is 0.516 e. The lowest BCUT2D eigenvalue weighted by molar-refractivity contribution is -0.141. The summed E-state index contributed by atoms with van der Waals surface area (Å²) in [4.78, 5) is 60.8. The number of alkyl carbamates (subject to hydrolysis) is 1. The molecule has 57 heavy (non-hydrogen) atoms. The number of hydrogen-bond acceptors (Lipinski definition) is 10. The van der Waals surface area contributed by atoms with Crippen LogP contribution in [0, 0.1) is 11.8 Å². The van der Waals surface area contributed by atoms with Gasteiger partial charge in [0.25, 0.3) is 5.91 Å². The molecule has 1 aliphatic carbocycles. The van der Waals surface area contributed by atoms with E-state index >= 15 is 0 Å². The van der Waals surface area contributed by atoms with Crippen molar-refractivity contribution >= 4 is 44.7 Å². The summed E-state index contributed by atoms with van der Waals surface area (Å²) in [6.45, 7) is 12.0. The first-order chi connectivity index (χ1) is 26.6. The van der Waals surface area contributed by atoms with Gasteiger partial charge < -0.3 is 29.7 Å². The number of hydrogen-bond donors (Lipinski definition) is 3. The third-order valence-electron chi connectivity index (χ3n) is 9.47. The molecule has 0 bridgehead atoms. The molecule has 5 atom stereocenters. The number of pyridine rings is 1. The van der Waals surface area contributed by atoms with E-state index in [4.69, 9.17) is 19.2 Å². The second-order valence-corrected chi connectivity index (χ2v) is 17.1. The average Bonchev–Trinajstić information content (AvgIpc) is 3.68. The Bertz CT molecular complexity index is 2140. The van der Waals surface area contributed by atoms with Crippen molar-refractivity contribution in [2.75, 3.05) is 13.7 Å². The highest BCUT2D eigenvalue weighted by Gasteiger charge is 2.63. The molecular formula is C39H46F3N5O9S. The number of alkyl halides is 3. The average molecular weight is 818 g/mol. The number of rotatable bonds is 13. The number of likely N-dealkylation sites (tertiary alicyclic amines) is 1. The van der Waals surface area contributed by atoms with Gasteiger partial charge in [0.1, 0.15) is 40.8 Å². The summed E-state index contributed by atoms with van der Waals surface area (Å²) < 4.78 is 81.9. The van der Waals surface area contributed by atoms with Gasteiger partial charge in [0.05, 0.1) is 24.9 Å². The fourth-order valence-corrected chi connectivity index (χ4v) is 7.21. The second-order valence-electron chi connectivity index (χ2n) is 15.5. The topological polar surface area (TPSA) is 182 Å². The molecule has 2 aromatic carbocycles. The molecule has 0 radical (unpaired) electrons. The molecule has 2 unspecified atom stereocenters. The Labute approximate surface area is 328 Å². The van der Waals surface area contributed by atoms with Crippen LogP contribution in [-0.4, -0.2) is 90.6 Å². The van der Waals surface area contributed by atoms with Crippen LogP contribution in [0.3, 0.4) is 0 Å². The van der Waals surface area contributed by atoms with Crippen LogP contribution in [-0.2, 0) is 29.1 Å². The van der Waals surface area contributed by atoms with Crippen LogP contribution in [0.4, 0.5) is 18.0 Å². The maximum Gasteiger partial charge on any atom is 0.516 e. The zero-order chi connectivity index (χ0) is 42.1. The quantitative estimate of drug-likeness (QED) is 0.193. The summed E-state index contributed by atoms with van der Waals surface area (Å²) in [6, 6.07) is 13.6. The van der Waals surface area contributed by atoms with Gasteiger partial charge in [0.2, 0.25) is 11.8 Å². The molecule has 2 aliphatic rings. The van der Waals surface area contributed by atoms with Gasteiger partial charge in [0, 0.05) is 35.4 Å². The van der Waals surface area contributed by atoms with Crippen molar-refractivity contribution in [2.24, 2.45) is 11.8 Å². The van der Waals surface area contributed by atoms with E-state index in [-0.39, 0.29) is 31.7 Å². The third kappa shape index (κ3) is 9.77. The van der Waals surface area contributed by atoms with Crippen LogP contribution >= 0.6 is 0 Å². The van der Waals surface area contributed by atoms with Crippen molar-refractivity contribution in [3.63, 3.8) is 0 Å². The molecule has 1 aliphatic heterocycles. The minimum atomic E-state index is -6.12. The van der Waals surface area contributed by atoms with Crippen molar-refractivity contribution in [1.29, 1.82) is 0 Å². The van der Waals surface area contributed by atoms with Gasteiger partial charge in [-0.25, -0.2) is 14.5 Å². The van der Waals surface area contributed by atoms with E-state index in [9.17, 15) is 40.8 Å². The Hall–Kier alpha value is -5.39. The molecule has 308 valence electrons. The molecule has 3 N–H and O–H groups in total. The highest BCUT2D eigenvalue weighted by Crippen LogP contribution is 2.45. The number of benzene rings is 2. The van der Waals surface area contributed by atoms with E-state index in [1.165, 1.54) is 18.1 Å². The molecule has 14 nitrogen and oxygen atoms in total. The number of sulfonamides is 1. The van der Waals surface area contributed by atoms with Crippen molar-refractivity contribution in [3.8, 4) is 22.8 Å². The molecule has 18 heteroatoms. The highest BCUT2D eigenvalue weighted by atomic mass is 32.2. The third-order valence-corrected chi connectivity index (χ3v) is 10.5. The van der Waals surface area contributed by atoms with Gasteiger partial charge in [-0.2, -0.15) is 21.6 Å². The summed E-state index contributed by atoms with van der Waals surface area (Å²) in [6.07, 6.45) is -0.849. The zero-order valence-electron chi connectivity index (χ0n) is 32.3. The normalized spacial score (nSPS) is 21.4. The number of ether oxygens (including phenoxy) is 3. The van der Waals surface area contributed by atoms with E-state index < -0.39 is 74.6 Å². The summed E-state index contributed by atoms with van der Waals surface area (Å²) >= 11 is 0. The molecule has 2 fully saturated rings. The Morgan fingerprint density at radius 3 is 2.33 bits per heavy atom. The summed E-state index contributed by atoms with van der Waals surface area (Å²) in [5.41, 5.74) is -6.97. The number of aromatic nitrogens is 1. The van der Waals surface area contributed by atoms with Crippen molar-refractivity contribution in [3.05, 3.63) is 67.3 Å². The minimum Gasteiger partial charge on any atom is -0.497 e. The zero-order valence-corrected chi connectivity index (χ0v) is 33.1. The van der Waals surface area contributed by atoms with Gasteiger partial charge in [-0.05, 0) is 51.7 Å². The predicted molar refractivity (Wildman–Crippen MR) is 203 cm³/mol. The summed E-state index contributed by atoms with van der Waals surface area (Å²) in [7, 11) is -4.61. The van der Waals surface area contributed by atoms with E-state index in [0.717, 1.165) is 10.3 Å². The Morgan fingerprint density at radius 1 is 1.07 bits per heavy atom. The van der Waals surface area contributed by atoms with Crippen LogP contribution in [0.25, 0.3) is 22.2 Å². The monoisotopic (exact) mass is 817 g/mol. The number of carbonyl (C=O) groups is 4. The molecule has 5 rings (SSSR count). The predicted octanol–water partition coefficient (Wildman–Crippen LogP) is 5.22. The van der Waals surface area contributed by atoms with Gasteiger partial charge in [-0.15, -0.1) is 6.58 Å². The van der Waals surface area contributed by atoms with E-state index in [0.29, 0.717) is 28.1 Å². The molecule has 2 heterocycles. The van der Waals surface area contributed by atoms with Gasteiger partial charge in [0.15, 0.2) is 0 Å². The molecule has 0 spiro atoms. The SMILES string of the molecule is C=CC1CC1(NC(=O)[C@@H]1C[C@@H](Oc2cc(-c3ccccc3)nc3cc(OC)ccc23)CN1C(=O)[C@H](CC(C)C)NC(=O)OC(C)(C)C)C(=O)NS(=O)(=O)C(F)(F)F. The summed E-state index contributed by atoms with van der Waals surface area (Å²) in [5, 5.41) is 5.63. The van der Waals surface area contributed by atoms with E-state index in [1.54, 1.807) is 45.0 Å². The molecular weight excluding hydrogens is 772 g/mol. The number of nitrogens with one attached hydrogen (secondary N) is 3. The van der Waals surface area contributed by atoms with Crippen LogP contribution in [0.5, 0.6) is 11.5 Å². The van der Waals surface area contributed by atoms with Crippen LogP contribution in [0.2, 0.25) is 0 Å². The van der Waals surface area contributed by atoms with E-state index in [1.807, 2.05) is 44.2 Å². The van der Waals surface area contributed by atoms with E-state index in [2.05, 4.69) is 17.2 Å². The maximum absolute atomic E-state index is 14.4. The smallest absolute Gasteiger partial charge is 0.497 e. The number of fused-ring (bicyclic) bond motifs is 1. The highest BCUT2D eigenvalue weighted by molar-refractivity contribution is 7.90. The minimum absolute atomic E-state index is 0.130. The van der Waals surface area contributed by atoms with Gasteiger partial charge in [-0.3, -0.25) is 14.4 Å². The second kappa shape index (κ2) is 16.2. The Balaban J connectivity index is 1.52. The standard InChI is InChI=1S/C39H46F3N5O9S/c1-8-24-20-38(24,35(50)46-57(52,53)39(40,41)42)45-33(48)31-18-26(21-47(31)34(49)30(16-22(2)3)44-36(51)56-37(4,5)6)55-32-19-28(23-12-10-9-11-13-23)43-29-17-25(54-7)14-15-27(29)32/h8-15,17,19,22,24,26,30-31H,1,16,18,20-21H2,2-7H3,(H,44,51)(H,45,48)(H,46,50)/t24?,26-,30+,31+,38?/m1/s1.